The van der Waals surface area contributed by atoms with E-state index in [4.69, 9.17) is 0 Å². The van der Waals surface area contributed by atoms with Gasteiger partial charge in [-0.2, -0.15) is 0 Å². The third-order valence-electron chi connectivity index (χ3n) is 4.41. The predicted molar refractivity (Wildman–Crippen MR) is 81.7 cm³/mol. The highest BCUT2D eigenvalue weighted by Gasteiger charge is 2.36. The molecular weight excluding hydrogens is 232 g/mol. The van der Waals surface area contributed by atoms with Crippen molar-refractivity contribution in [3.8, 4) is 0 Å². The van der Waals surface area contributed by atoms with Gasteiger partial charge in [-0.1, -0.05) is 49.4 Å². The van der Waals surface area contributed by atoms with Gasteiger partial charge in [-0.15, -0.1) is 0 Å². The molecule has 0 saturated carbocycles. The van der Waals surface area contributed by atoms with E-state index < -0.39 is 0 Å². The number of hydrogen-bond donors (Lipinski definition) is 1. The maximum absolute atomic E-state index is 3.27. The van der Waals surface area contributed by atoms with Gasteiger partial charge in [0.2, 0.25) is 0 Å². The highest BCUT2D eigenvalue weighted by atomic mass is 15.2. The van der Waals surface area contributed by atoms with Crippen LogP contribution in [-0.4, -0.2) is 26.2 Å². The van der Waals surface area contributed by atoms with E-state index in [2.05, 4.69) is 65.7 Å². The molecular formula is C17H22N2. The molecule has 0 saturated heterocycles. The number of nitrogens with zero attached hydrogens (tertiary/aromatic N) is 1. The monoisotopic (exact) mass is 254 g/mol. The maximum Gasteiger partial charge on any atom is 0.0511 e. The highest BCUT2D eigenvalue weighted by molar-refractivity contribution is 5.61. The molecule has 0 spiro atoms. The minimum absolute atomic E-state index is 0.503. The molecule has 2 bridgehead atoms. The Bertz CT molecular complexity index is 504. The van der Waals surface area contributed by atoms with E-state index >= 15 is 0 Å². The minimum atomic E-state index is 0.503. The number of para-hydroxylation sites is 1. The molecule has 0 fully saturated rings. The molecule has 0 radical (unpaired) electrons. The van der Waals surface area contributed by atoms with E-state index in [1.807, 2.05) is 7.05 Å². The maximum atomic E-state index is 3.27. The summed E-state index contributed by atoms with van der Waals surface area (Å²) < 4.78 is 0. The Morgan fingerprint density at radius 1 is 1.16 bits per heavy atom. The molecule has 3 rings (SSSR count). The van der Waals surface area contributed by atoms with Crippen LogP contribution in [0.3, 0.4) is 0 Å². The summed E-state index contributed by atoms with van der Waals surface area (Å²) in [5.74, 6) is 1.17. The van der Waals surface area contributed by atoms with Crippen LogP contribution in [0.4, 0.5) is 5.69 Å². The van der Waals surface area contributed by atoms with Crippen molar-refractivity contribution in [2.75, 3.05) is 25.0 Å². The van der Waals surface area contributed by atoms with Crippen LogP contribution in [0.1, 0.15) is 18.4 Å². The quantitative estimate of drug-likeness (QED) is 0.892. The van der Waals surface area contributed by atoms with Gasteiger partial charge in [0.25, 0.3) is 0 Å². The van der Waals surface area contributed by atoms with Crippen LogP contribution in [0, 0.1) is 5.92 Å². The summed E-state index contributed by atoms with van der Waals surface area (Å²) >= 11 is 0. The zero-order valence-corrected chi connectivity index (χ0v) is 11.7. The molecule has 1 aromatic rings. The van der Waals surface area contributed by atoms with Crippen molar-refractivity contribution in [3.05, 3.63) is 54.1 Å². The second-order valence-electron chi connectivity index (χ2n) is 5.50. The van der Waals surface area contributed by atoms with Crippen molar-refractivity contribution in [2.24, 2.45) is 5.92 Å². The molecule has 1 heterocycles. The number of fused-ring (bicyclic) bond motifs is 4. The van der Waals surface area contributed by atoms with Crippen LogP contribution >= 0.6 is 0 Å². The number of rotatable bonds is 3. The van der Waals surface area contributed by atoms with Crippen molar-refractivity contribution in [3.63, 3.8) is 0 Å². The zero-order chi connectivity index (χ0) is 13.2. The van der Waals surface area contributed by atoms with Gasteiger partial charge < -0.3 is 10.2 Å². The molecule has 19 heavy (non-hydrogen) atoms. The fourth-order valence-corrected chi connectivity index (χ4v) is 3.39. The fraction of sp³-hybridized carbons (Fsp3) is 0.412. The third-order valence-corrected chi connectivity index (χ3v) is 4.41. The Balaban J connectivity index is 2.06. The Hall–Kier alpha value is -1.54. The zero-order valence-electron chi connectivity index (χ0n) is 11.7. The molecule has 3 atom stereocenters. The summed E-state index contributed by atoms with van der Waals surface area (Å²) in [4.78, 5) is 2.55. The molecule has 2 heteroatoms. The smallest absolute Gasteiger partial charge is 0.0511 e. The number of allylic oxidation sites excluding steroid dienone is 3. The molecule has 100 valence electrons. The van der Waals surface area contributed by atoms with Gasteiger partial charge in [0.15, 0.2) is 0 Å². The van der Waals surface area contributed by atoms with Gasteiger partial charge in [0.1, 0.15) is 0 Å². The van der Waals surface area contributed by atoms with Gasteiger partial charge in [0.05, 0.1) is 6.04 Å². The van der Waals surface area contributed by atoms with E-state index in [1.54, 1.807) is 0 Å². The second kappa shape index (κ2) is 5.22. The molecule has 0 aromatic heterocycles. The molecule has 0 amide bonds. The van der Waals surface area contributed by atoms with Crippen molar-refractivity contribution in [1.82, 2.24) is 5.32 Å². The van der Waals surface area contributed by atoms with Crippen LogP contribution in [0.2, 0.25) is 0 Å². The Morgan fingerprint density at radius 2 is 1.95 bits per heavy atom. The molecule has 1 aliphatic heterocycles. The molecule has 1 aromatic carbocycles. The Morgan fingerprint density at radius 3 is 2.79 bits per heavy atom. The second-order valence-corrected chi connectivity index (χ2v) is 5.50. The van der Waals surface area contributed by atoms with Crippen LogP contribution in [0.25, 0.3) is 0 Å². The first-order chi connectivity index (χ1) is 9.33. The van der Waals surface area contributed by atoms with Crippen molar-refractivity contribution >= 4 is 5.69 Å². The van der Waals surface area contributed by atoms with Gasteiger partial charge >= 0.3 is 0 Å². The standard InChI is InChI=1S/C17H22N2/c1-13-14-7-3-5-9-16(13)19(12-11-18-2)17-10-6-4-8-15(14)17/h3-10,13-14,16,18H,11-12H2,1-2H3. The van der Waals surface area contributed by atoms with Crippen LogP contribution in [-0.2, 0) is 0 Å². The Labute approximate surface area is 115 Å². The fourth-order valence-electron chi connectivity index (χ4n) is 3.39. The van der Waals surface area contributed by atoms with Crippen LogP contribution < -0.4 is 10.2 Å². The van der Waals surface area contributed by atoms with Crippen molar-refractivity contribution in [1.29, 1.82) is 0 Å². The first-order valence-corrected chi connectivity index (χ1v) is 7.18. The molecule has 2 nitrogen and oxygen atoms in total. The first kappa shape index (κ1) is 12.5. The number of benzene rings is 1. The van der Waals surface area contributed by atoms with Gasteiger partial charge in [-0.25, -0.2) is 0 Å². The lowest BCUT2D eigenvalue weighted by Crippen LogP contribution is -2.46. The number of nitrogens with one attached hydrogen (secondary N) is 1. The van der Waals surface area contributed by atoms with E-state index in [0.717, 1.165) is 13.1 Å². The number of hydrogen-bond acceptors (Lipinski definition) is 2. The van der Waals surface area contributed by atoms with Gasteiger partial charge in [-0.05, 0) is 24.6 Å². The van der Waals surface area contributed by atoms with Crippen molar-refractivity contribution in [2.45, 2.75) is 18.9 Å². The number of likely N-dealkylation sites (N-methyl/N-ethyl adjacent to an activating group) is 1. The normalized spacial score (nSPS) is 28.1. The van der Waals surface area contributed by atoms with E-state index in [1.165, 1.54) is 11.3 Å². The summed E-state index contributed by atoms with van der Waals surface area (Å²) in [5, 5.41) is 3.27. The third kappa shape index (κ3) is 2.10. The van der Waals surface area contributed by atoms with E-state index in [9.17, 15) is 0 Å². The largest absolute Gasteiger partial charge is 0.363 e. The summed E-state index contributed by atoms with van der Waals surface area (Å²) in [5.41, 5.74) is 2.88. The minimum Gasteiger partial charge on any atom is -0.363 e. The van der Waals surface area contributed by atoms with Crippen LogP contribution in [0.15, 0.2) is 48.6 Å². The summed E-state index contributed by atoms with van der Waals surface area (Å²) in [6.07, 6.45) is 9.13. The molecule has 1 aliphatic carbocycles. The summed E-state index contributed by atoms with van der Waals surface area (Å²) in [7, 11) is 2.02. The average molecular weight is 254 g/mol. The molecule has 1 N–H and O–H groups in total. The SMILES string of the molecule is CNCCN1c2ccccc2C2C=CC=CC1C2C. The molecule has 2 aliphatic rings. The summed E-state index contributed by atoms with van der Waals surface area (Å²) in [6.45, 7) is 4.45. The average Bonchev–Trinajstić information content (AvgIpc) is 2.58. The van der Waals surface area contributed by atoms with Gasteiger partial charge in [0, 0.05) is 24.7 Å². The highest BCUT2D eigenvalue weighted by Crippen LogP contribution is 2.43. The lowest BCUT2D eigenvalue weighted by molar-refractivity contribution is 0.423. The number of anilines is 1. The lowest BCUT2D eigenvalue weighted by Gasteiger charge is -2.44. The first-order valence-electron chi connectivity index (χ1n) is 7.18. The van der Waals surface area contributed by atoms with Crippen molar-refractivity contribution < 1.29 is 0 Å². The summed E-state index contributed by atoms with van der Waals surface area (Å²) in [6, 6.07) is 9.37. The van der Waals surface area contributed by atoms with Gasteiger partial charge in [-0.3, -0.25) is 0 Å². The van der Waals surface area contributed by atoms with E-state index in [0.29, 0.717) is 17.9 Å². The lowest BCUT2D eigenvalue weighted by atomic mass is 9.78. The topological polar surface area (TPSA) is 15.3 Å². The Kier molecular flexibility index (Phi) is 3.43. The van der Waals surface area contributed by atoms with Crippen LogP contribution in [0.5, 0.6) is 0 Å². The van der Waals surface area contributed by atoms with E-state index in [-0.39, 0.29) is 0 Å². The predicted octanol–water partition coefficient (Wildman–Crippen LogP) is 2.94. The molecule has 3 unspecified atom stereocenters.